The molecule has 0 fully saturated rings. The molecule has 0 saturated heterocycles. The maximum Gasteiger partial charge on any atom is 0.233 e. The van der Waals surface area contributed by atoms with Crippen molar-refractivity contribution in [1.29, 1.82) is 0 Å². The van der Waals surface area contributed by atoms with Gasteiger partial charge in [0, 0.05) is 25.5 Å². The molecule has 78 valence electrons. The van der Waals surface area contributed by atoms with Gasteiger partial charge in [-0.05, 0) is 19.5 Å². The van der Waals surface area contributed by atoms with Crippen molar-refractivity contribution in [2.24, 2.45) is 0 Å². The van der Waals surface area contributed by atoms with Crippen LogP contribution in [0.3, 0.4) is 0 Å². The summed E-state index contributed by atoms with van der Waals surface area (Å²) >= 11 is 0. The van der Waals surface area contributed by atoms with Gasteiger partial charge in [-0.15, -0.1) is 0 Å². The number of likely N-dealkylation sites (N-methyl/N-ethyl adjacent to an activating group) is 1. The first-order valence-corrected chi connectivity index (χ1v) is 4.71. The lowest BCUT2D eigenvalue weighted by atomic mass is 10.4. The summed E-state index contributed by atoms with van der Waals surface area (Å²) in [6, 6.07) is 1.89. The van der Waals surface area contributed by atoms with Crippen molar-refractivity contribution in [3.63, 3.8) is 0 Å². The quantitative estimate of drug-likeness (QED) is 0.609. The van der Waals surface area contributed by atoms with Gasteiger partial charge in [0.15, 0.2) is 0 Å². The molecule has 5 nitrogen and oxygen atoms in total. The van der Waals surface area contributed by atoms with Crippen LogP contribution in [0.15, 0.2) is 18.5 Å². The van der Waals surface area contributed by atoms with Crippen LogP contribution in [0.5, 0.6) is 0 Å². The van der Waals surface area contributed by atoms with E-state index in [2.05, 4.69) is 15.7 Å². The Morgan fingerprint density at radius 3 is 3.07 bits per heavy atom. The second-order valence-corrected chi connectivity index (χ2v) is 3.00. The number of carbonyl (C=O) groups is 1. The molecule has 5 heteroatoms. The zero-order valence-corrected chi connectivity index (χ0v) is 8.36. The SMILES string of the molecule is CNCC(=O)NCCCn1cccn1. The Kier molecular flexibility index (Phi) is 4.71. The van der Waals surface area contributed by atoms with Crippen molar-refractivity contribution in [3.8, 4) is 0 Å². The van der Waals surface area contributed by atoms with E-state index < -0.39 is 0 Å². The predicted molar refractivity (Wildman–Crippen MR) is 53.8 cm³/mol. The topological polar surface area (TPSA) is 59.0 Å². The molecule has 1 heterocycles. The average Bonchev–Trinajstić information content (AvgIpc) is 2.65. The van der Waals surface area contributed by atoms with Crippen LogP contribution < -0.4 is 10.6 Å². The third-order valence-electron chi connectivity index (χ3n) is 1.78. The Hall–Kier alpha value is -1.36. The molecule has 0 aromatic carbocycles. The molecular formula is C9H16N4O. The number of aryl methyl sites for hydroxylation is 1. The molecule has 0 unspecified atom stereocenters. The summed E-state index contributed by atoms with van der Waals surface area (Å²) in [5.41, 5.74) is 0. The normalized spacial score (nSPS) is 10.1. The summed E-state index contributed by atoms with van der Waals surface area (Å²) < 4.78 is 1.85. The van der Waals surface area contributed by atoms with Crippen LogP contribution in [0.4, 0.5) is 0 Å². The average molecular weight is 196 g/mol. The minimum absolute atomic E-state index is 0.0352. The molecule has 14 heavy (non-hydrogen) atoms. The van der Waals surface area contributed by atoms with Crippen molar-refractivity contribution in [1.82, 2.24) is 20.4 Å². The lowest BCUT2D eigenvalue weighted by Crippen LogP contribution is -2.33. The van der Waals surface area contributed by atoms with Crippen LogP contribution >= 0.6 is 0 Å². The van der Waals surface area contributed by atoms with E-state index in [0.29, 0.717) is 13.1 Å². The highest BCUT2D eigenvalue weighted by Crippen LogP contribution is 1.87. The highest BCUT2D eigenvalue weighted by Gasteiger charge is 1.97. The molecule has 1 rings (SSSR count). The molecule has 0 bridgehead atoms. The summed E-state index contributed by atoms with van der Waals surface area (Å²) in [5.74, 6) is 0.0352. The predicted octanol–water partition coefficient (Wildman–Crippen LogP) is -0.391. The summed E-state index contributed by atoms with van der Waals surface area (Å²) in [6.07, 6.45) is 4.56. The minimum atomic E-state index is 0.0352. The van der Waals surface area contributed by atoms with Crippen molar-refractivity contribution in [2.45, 2.75) is 13.0 Å². The van der Waals surface area contributed by atoms with Crippen LogP contribution in [0.1, 0.15) is 6.42 Å². The first-order valence-electron chi connectivity index (χ1n) is 4.71. The summed E-state index contributed by atoms with van der Waals surface area (Å²) in [7, 11) is 1.75. The van der Waals surface area contributed by atoms with E-state index in [1.807, 2.05) is 16.9 Å². The Labute approximate surface area is 83.5 Å². The summed E-state index contributed by atoms with van der Waals surface area (Å²) in [6.45, 7) is 1.91. The Morgan fingerprint density at radius 2 is 2.43 bits per heavy atom. The molecule has 0 spiro atoms. The molecule has 0 radical (unpaired) electrons. The van der Waals surface area contributed by atoms with Crippen LogP contribution in [-0.2, 0) is 11.3 Å². The number of nitrogens with zero attached hydrogens (tertiary/aromatic N) is 2. The van der Waals surface area contributed by atoms with Gasteiger partial charge in [-0.2, -0.15) is 5.10 Å². The molecular weight excluding hydrogens is 180 g/mol. The third-order valence-corrected chi connectivity index (χ3v) is 1.78. The maximum absolute atomic E-state index is 11.0. The minimum Gasteiger partial charge on any atom is -0.355 e. The van der Waals surface area contributed by atoms with Gasteiger partial charge in [-0.1, -0.05) is 0 Å². The van der Waals surface area contributed by atoms with Crippen LogP contribution in [0.25, 0.3) is 0 Å². The Morgan fingerprint density at radius 1 is 1.57 bits per heavy atom. The summed E-state index contributed by atoms with van der Waals surface area (Å²) in [5, 5.41) is 9.66. The van der Waals surface area contributed by atoms with Crippen LogP contribution in [-0.4, -0.2) is 35.8 Å². The van der Waals surface area contributed by atoms with Gasteiger partial charge in [-0.3, -0.25) is 9.48 Å². The fraction of sp³-hybridized carbons (Fsp3) is 0.556. The highest BCUT2D eigenvalue weighted by atomic mass is 16.1. The van der Waals surface area contributed by atoms with Crippen LogP contribution in [0.2, 0.25) is 0 Å². The largest absolute Gasteiger partial charge is 0.355 e. The first kappa shape index (κ1) is 10.7. The van der Waals surface area contributed by atoms with E-state index in [9.17, 15) is 4.79 Å². The lowest BCUT2D eigenvalue weighted by molar-refractivity contribution is -0.120. The first-order chi connectivity index (χ1) is 6.83. The van der Waals surface area contributed by atoms with Gasteiger partial charge in [0.25, 0.3) is 0 Å². The van der Waals surface area contributed by atoms with E-state index in [4.69, 9.17) is 0 Å². The maximum atomic E-state index is 11.0. The van der Waals surface area contributed by atoms with Crippen LogP contribution in [0, 0.1) is 0 Å². The van der Waals surface area contributed by atoms with Gasteiger partial charge in [0.1, 0.15) is 0 Å². The van der Waals surface area contributed by atoms with Crippen molar-refractivity contribution >= 4 is 5.91 Å². The van der Waals surface area contributed by atoms with E-state index >= 15 is 0 Å². The second kappa shape index (κ2) is 6.15. The zero-order valence-electron chi connectivity index (χ0n) is 8.36. The number of aromatic nitrogens is 2. The molecule has 0 aliphatic carbocycles. The van der Waals surface area contributed by atoms with Gasteiger partial charge < -0.3 is 10.6 Å². The highest BCUT2D eigenvalue weighted by molar-refractivity contribution is 5.77. The molecule has 2 N–H and O–H groups in total. The number of amides is 1. The van der Waals surface area contributed by atoms with Gasteiger partial charge in [0.2, 0.25) is 5.91 Å². The zero-order chi connectivity index (χ0) is 10.2. The third kappa shape index (κ3) is 4.04. The molecule has 0 saturated carbocycles. The molecule has 0 aliphatic heterocycles. The number of hydrogen-bond acceptors (Lipinski definition) is 3. The van der Waals surface area contributed by atoms with E-state index in [0.717, 1.165) is 13.0 Å². The summed E-state index contributed by atoms with van der Waals surface area (Å²) in [4.78, 5) is 11.0. The van der Waals surface area contributed by atoms with Crippen molar-refractivity contribution < 1.29 is 4.79 Å². The molecule has 1 amide bonds. The number of hydrogen-bond donors (Lipinski definition) is 2. The monoisotopic (exact) mass is 196 g/mol. The van der Waals surface area contributed by atoms with Crippen molar-refractivity contribution in [3.05, 3.63) is 18.5 Å². The second-order valence-electron chi connectivity index (χ2n) is 3.00. The number of carbonyl (C=O) groups excluding carboxylic acids is 1. The molecule has 1 aromatic heterocycles. The smallest absolute Gasteiger partial charge is 0.233 e. The van der Waals surface area contributed by atoms with Gasteiger partial charge in [0.05, 0.1) is 6.54 Å². The number of nitrogens with one attached hydrogen (secondary N) is 2. The standard InChI is InChI=1S/C9H16N4O/c1-10-8-9(14)11-4-2-6-13-7-3-5-12-13/h3,5,7,10H,2,4,6,8H2,1H3,(H,11,14). The van der Waals surface area contributed by atoms with Crippen molar-refractivity contribution in [2.75, 3.05) is 20.1 Å². The lowest BCUT2D eigenvalue weighted by Gasteiger charge is -2.04. The van der Waals surface area contributed by atoms with E-state index in [1.165, 1.54) is 0 Å². The Bertz CT molecular complexity index is 258. The fourth-order valence-corrected chi connectivity index (χ4v) is 1.12. The molecule has 0 aliphatic rings. The van der Waals surface area contributed by atoms with E-state index in [1.54, 1.807) is 13.2 Å². The van der Waals surface area contributed by atoms with Gasteiger partial charge in [-0.25, -0.2) is 0 Å². The Balaban J connectivity index is 2.02. The number of rotatable bonds is 6. The molecule has 0 atom stereocenters. The van der Waals surface area contributed by atoms with Gasteiger partial charge >= 0.3 is 0 Å². The molecule has 1 aromatic rings. The fourth-order valence-electron chi connectivity index (χ4n) is 1.12. The van der Waals surface area contributed by atoms with E-state index in [-0.39, 0.29) is 5.91 Å².